The Labute approximate surface area is 78.5 Å². The van der Waals surface area contributed by atoms with Crippen LogP contribution in [0.3, 0.4) is 0 Å². The van der Waals surface area contributed by atoms with Gasteiger partial charge in [0, 0.05) is 5.39 Å². The van der Waals surface area contributed by atoms with Gasteiger partial charge in [-0.05, 0) is 17.8 Å². The van der Waals surface area contributed by atoms with Crippen LogP contribution in [0.5, 0.6) is 0 Å². The first-order valence-electron chi connectivity index (χ1n) is 3.68. The molecule has 2 aromatic rings. The molecule has 0 aliphatic heterocycles. The number of carbonyl (C=O) groups excluding carboxylic acids is 1. The number of nitrogens with zero attached hydrogens (tertiary/aromatic N) is 1. The third-order valence-corrected chi connectivity index (χ3v) is 2.35. The van der Waals surface area contributed by atoms with Gasteiger partial charge in [0.05, 0.1) is 5.52 Å². The van der Waals surface area contributed by atoms with Crippen molar-refractivity contribution < 1.29 is 4.79 Å². The summed E-state index contributed by atoms with van der Waals surface area (Å²) in [5.74, 6) is 0. The van der Waals surface area contributed by atoms with E-state index >= 15 is 0 Å². The Morgan fingerprint density at radius 3 is 3.00 bits per heavy atom. The van der Waals surface area contributed by atoms with Crippen LogP contribution in [0, 0.1) is 0 Å². The molecule has 0 fully saturated rings. The van der Waals surface area contributed by atoms with Crippen molar-refractivity contribution in [1.82, 2.24) is 10.2 Å². The molecule has 3 N–H and O–H groups in total. The average Bonchev–Trinajstić information content (AvgIpc) is 2.48. The highest BCUT2D eigenvalue weighted by Gasteiger charge is 2.06. The molecule has 0 unspecified atom stereocenters. The fraction of sp³-hybridized carbons (Fsp3) is 0. The molecule has 0 spiro atoms. The lowest BCUT2D eigenvalue weighted by Crippen LogP contribution is -2.01. The van der Waals surface area contributed by atoms with Crippen molar-refractivity contribution in [2.75, 3.05) is 0 Å². The van der Waals surface area contributed by atoms with Gasteiger partial charge in [-0.3, -0.25) is 9.89 Å². The highest BCUT2D eigenvalue weighted by atomic mass is 32.2. The average molecular weight is 193 g/mol. The first kappa shape index (κ1) is 8.12. The second-order valence-corrected chi connectivity index (χ2v) is 3.51. The van der Waals surface area contributed by atoms with Gasteiger partial charge in [-0.1, -0.05) is 18.2 Å². The zero-order valence-corrected chi connectivity index (χ0v) is 7.47. The number of rotatable bonds is 1. The van der Waals surface area contributed by atoms with Crippen LogP contribution >= 0.6 is 11.8 Å². The molecule has 0 saturated heterocycles. The number of primary amides is 1. The molecule has 1 amide bonds. The zero-order chi connectivity index (χ0) is 9.26. The lowest BCUT2D eigenvalue weighted by Gasteiger charge is -1.91. The van der Waals surface area contributed by atoms with Gasteiger partial charge < -0.3 is 5.73 Å². The Bertz CT molecular complexity index is 451. The van der Waals surface area contributed by atoms with E-state index in [2.05, 4.69) is 10.2 Å². The summed E-state index contributed by atoms with van der Waals surface area (Å²) in [6.45, 7) is 0. The number of aromatic nitrogens is 2. The van der Waals surface area contributed by atoms with Crippen LogP contribution in [-0.2, 0) is 0 Å². The van der Waals surface area contributed by atoms with Gasteiger partial charge in [0.25, 0.3) is 5.24 Å². The number of para-hydroxylation sites is 1. The Kier molecular flexibility index (Phi) is 1.94. The molecule has 0 saturated carbocycles. The molecule has 1 heterocycles. The van der Waals surface area contributed by atoms with Crippen LogP contribution in [0.4, 0.5) is 4.79 Å². The van der Waals surface area contributed by atoms with Gasteiger partial charge in [-0.25, -0.2) is 0 Å². The number of hydrogen-bond acceptors (Lipinski definition) is 3. The lowest BCUT2D eigenvalue weighted by molar-refractivity contribution is 0.267. The van der Waals surface area contributed by atoms with Gasteiger partial charge in [0.15, 0.2) is 0 Å². The van der Waals surface area contributed by atoms with E-state index in [0.717, 1.165) is 22.7 Å². The fourth-order valence-corrected chi connectivity index (χ4v) is 1.69. The maximum absolute atomic E-state index is 10.6. The molecule has 0 aliphatic rings. The monoisotopic (exact) mass is 193 g/mol. The van der Waals surface area contributed by atoms with E-state index in [1.54, 1.807) is 0 Å². The summed E-state index contributed by atoms with van der Waals surface area (Å²) in [7, 11) is 0. The summed E-state index contributed by atoms with van der Waals surface area (Å²) < 4.78 is 0. The quantitative estimate of drug-likeness (QED) is 0.677. The van der Waals surface area contributed by atoms with Crippen LogP contribution in [0.2, 0.25) is 0 Å². The number of nitrogens with two attached hydrogens (primary N) is 1. The van der Waals surface area contributed by atoms with Crippen molar-refractivity contribution in [2.24, 2.45) is 5.73 Å². The molecule has 0 aliphatic carbocycles. The van der Waals surface area contributed by atoms with Crippen LogP contribution in [0.25, 0.3) is 10.9 Å². The molecule has 2 rings (SSSR count). The van der Waals surface area contributed by atoms with Gasteiger partial charge >= 0.3 is 0 Å². The highest BCUT2D eigenvalue weighted by molar-refractivity contribution is 8.13. The molecule has 0 radical (unpaired) electrons. The predicted octanol–water partition coefficient (Wildman–Crippen LogP) is 1.73. The van der Waals surface area contributed by atoms with Crippen LogP contribution < -0.4 is 5.73 Å². The number of H-pyrrole nitrogens is 1. The van der Waals surface area contributed by atoms with Crippen molar-refractivity contribution in [3.63, 3.8) is 0 Å². The fourth-order valence-electron chi connectivity index (χ4n) is 1.11. The summed E-state index contributed by atoms with van der Waals surface area (Å²) in [4.78, 5) is 10.6. The van der Waals surface area contributed by atoms with Crippen LogP contribution in [0.15, 0.2) is 29.3 Å². The maximum atomic E-state index is 10.6. The SMILES string of the molecule is NC(=O)Sc1[nH]nc2ccccc12. The molecule has 5 heteroatoms. The van der Waals surface area contributed by atoms with E-state index in [0.29, 0.717) is 5.03 Å². The minimum absolute atomic E-state index is 0.436. The minimum Gasteiger partial charge on any atom is -0.360 e. The normalized spacial score (nSPS) is 10.5. The third-order valence-electron chi connectivity index (χ3n) is 1.63. The summed E-state index contributed by atoms with van der Waals surface area (Å²) in [6, 6.07) is 7.55. The van der Waals surface area contributed by atoms with Crippen molar-refractivity contribution in [2.45, 2.75) is 5.03 Å². The molecular weight excluding hydrogens is 186 g/mol. The first-order chi connectivity index (χ1) is 6.27. The van der Waals surface area contributed by atoms with Crippen LogP contribution in [-0.4, -0.2) is 15.4 Å². The standard InChI is InChI=1S/C8H7N3OS/c9-8(12)13-7-5-3-1-2-4-6(5)10-11-7/h1-4H,(H2,9,12)(H,10,11). The highest BCUT2D eigenvalue weighted by Crippen LogP contribution is 2.24. The number of carbonyl (C=O) groups is 1. The number of fused-ring (bicyclic) bond motifs is 1. The van der Waals surface area contributed by atoms with Crippen molar-refractivity contribution in [3.05, 3.63) is 24.3 Å². The molecule has 1 aromatic heterocycles. The molecule has 13 heavy (non-hydrogen) atoms. The Morgan fingerprint density at radius 2 is 2.23 bits per heavy atom. The molecule has 1 aromatic carbocycles. The van der Waals surface area contributed by atoms with Crippen molar-refractivity contribution in [3.8, 4) is 0 Å². The van der Waals surface area contributed by atoms with E-state index < -0.39 is 5.24 Å². The van der Waals surface area contributed by atoms with Gasteiger partial charge in [0.2, 0.25) is 0 Å². The van der Waals surface area contributed by atoms with E-state index in [4.69, 9.17) is 5.73 Å². The van der Waals surface area contributed by atoms with Gasteiger partial charge in [-0.15, -0.1) is 0 Å². The van der Waals surface area contributed by atoms with Crippen LogP contribution in [0.1, 0.15) is 0 Å². The molecular formula is C8H7N3OS. The minimum atomic E-state index is -0.436. The van der Waals surface area contributed by atoms with Gasteiger partial charge in [-0.2, -0.15) is 5.10 Å². The smallest absolute Gasteiger partial charge is 0.282 e. The summed E-state index contributed by atoms with van der Waals surface area (Å²) >= 11 is 0.955. The Hall–Kier alpha value is -1.49. The summed E-state index contributed by atoms with van der Waals surface area (Å²) in [6.07, 6.45) is 0. The number of thioether (sulfide) groups is 1. The van der Waals surface area contributed by atoms with Crippen molar-refractivity contribution >= 4 is 27.9 Å². The van der Waals surface area contributed by atoms with E-state index in [1.165, 1.54) is 0 Å². The molecule has 0 atom stereocenters. The first-order valence-corrected chi connectivity index (χ1v) is 4.49. The molecule has 0 bridgehead atoms. The summed E-state index contributed by atoms with van der Waals surface area (Å²) in [5, 5.41) is 7.96. The second-order valence-electron chi connectivity index (χ2n) is 2.49. The largest absolute Gasteiger partial charge is 0.360 e. The van der Waals surface area contributed by atoms with E-state index in [-0.39, 0.29) is 0 Å². The van der Waals surface area contributed by atoms with E-state index in [9.17, 15) is 4.79 Å². The molecule has 66 valence electrons. The Balaban J connectivity index is 2.51. The maximum Gasteiger partial charge on any atom is 0.282 e. The topological polar surface area (TPSA) is 71.8 Å². The molecule has 4 nitrogen and oxygen atoms in total. The lowest BCUT2D eigenvalue weighted by atomic mass is 10.3. The number of benzene rings is 1. The van der Waals surface area contributed by atoms with E-state index in [1.807, 2.05) is 24.3 Å². The summed E-state index contributed by atoms with van der Waals surface area (Å²) in [5.41, 5.74) is 5.89. The zero-order valence-electron chi connectivity index (χ0n) is 6.65. The number of amides is 1. The van der Waals surface area contributed by atoms with Gasteiger partial charge in [0.1, 0.15) is 5.03 Å². The third kappa shape index (κ3) is 1.50. The predicted molar refractivity (Wildman–Crippen MR) is 51.5 cm³/mol. The number of nitrogens with one attached hydrogen (secondary N) is 1. The van der Waals surface area contributed by atoms with Crippen molar-refractivity contribution in [1.29, 1.82) is 0 Å². The number of hydrogen-bond donors (Lipinski definition) is 2. The Morgan fingerprint density at radius 1 is 1.46 bits per heavy atom. The number of aromatic amines is 1. The second kappa shape index (κ2) is 3.10.